The summed E-state index contributed by atoms with van der Waals surface area (Å²) in [6.45, 7) is 0. The van der Waals surface area contributed by atoms with E-state index in [1.54, 1.807) is 24.3 Å². The van der Waals surface area contributed by atoms with Gasteiger partial charge in [-0.25, -0.2) is 19.6 Å². The van der Waals surface area contributed by atoms with Crippen molar-refractivity contribution in [3.63, 3.8) is 0 Å². The van der Waals surface area contributed by atoms with Gasteiger partial charge in [-0.3, -0.25) is 9.59 Å². The molecule has 2 aromatic carbocycles. The molecule has 0 saturated heterocycles. The maximum Gasteiger partial charge on any atom is 0.240 e. The van der Waals surface area contributed by atoms with Gasteiger partial charge < -0.3 is 0 Å². The first-order valence-electron chi connectivity index (χ1n) is 8.68. The number of hydrazone groups is 2. The number of nitrogens with zero attached hydrogens (tertiary/aromatic N) is 2. The van der Waals surface area contributed by atoms with Crippen molar-refractivity contribution in [1.29, 1.82) is 0 Å². The Labute approximate surface area is 161 Å². The van der Waals surface area contributed by atoms with Crippen molar-refractivity contribution in [2.45, 2.75) is 25.7 Å². The molecule has 0 heterocycles. The molecule has 0 saturated carbocycles. The zero-order valence-corrected chi connectivity index (χ0v) is 15.1. The van der Waals surface area contributed by atoms with Crippen LogP contribution in [0.25, 0.3) is 0 Å². The van der Waals surface area contributed by atoms with E-state index in [1.165, 1.54) is 36.7 Å². The maximum atomic E-state index is 12.8. The molecule has 0 spiro atoms. The molecule has 8 heteroatoms. The highest BCUT2D eigenvalue weighted by molar-refractivity contribution is 5.83. The number of unbranched alkanes of at least 4 members (excludes halogenated alkanes) is 1. The number of rotatable bonds is 9. The van der Waals surface area contributed by atoms with E-state index in [4.69, 9.17) is 0 Å². The van der Waals surface area contributed by atoms with Gasteiger partial charge in [0.2, 0.25) is 11.8 Å². The predicted molar refractivity (Wildman–Crippen MR) is 103 cm³/mol. The first-order chi connectivity index (χ1) is 13.5. The van der Waals surface area contributed by atoms with Gasteiger partial charge in [0.15, 0.2) is 0 Å². The summed E-state index contributed by atoms with van der Waals surface area (Å²) in [5.41, 5.74) is 6.09. The number of hydrogen-bond donors (Lipinski definition) is 2. The molecule has 2 amide bonds. The summed E-state index contributed by atoms with van der Waals surface area (Å²) in [7, 11) is 0. The van der Waals surface area contributed by atoms with E-state index >= 15 is 0 Å². The van der Waals surface area contributed by atoms with Gasteiger partial charge >= 0.3 is 0 Å². The predicted octanol–water partition coefficient (Wildman–Crippen LogP) is 3.13. The fourth-order valence-electron chi connectivity index (χ4n) is 2.14. The molecule has 0 bridgehead atoms. The molecule has 0 aromatic heterocycles. The number of halogens is 2. The van der Waals surface area contributed by atoms with Crippen molar-refractivity contribution in [2.24, 2.45) is 10.2 Å². The Kier molecular flexibility index (Phi) is 8.45. The summed E-state index contributed by atoms with van der Waals surface area (Å²) >= 11 is 0. The molecule has 146 valence electrons. The zero-order valence-electron chi connectivity index (χ0n) is 15.1. The largest absolute Gasteiger partial charge is 0.273 e. The van der Waals surface area contributed by atoms with Crippen molar-refractivity contribution in [3.8, 4) is 0 Å². The first kappa shape index (κ1) is 20.9. The first-order valence-corrected chi connectivity index (χ1v) is 8.68. The molecule has 0 aliphatic rings. The summed E-state index contributed by atoms with van der Waals surface area (Å²) < 4.78 is 25.5. The fourth-order valence-corrected chi connectivity index (χ4v) is 2.14. The summed E-state index contributed by atoms with van der Waals surface area (Å²) in [6.07, 6.45) is 4.34. The second-order valence-electron chi connectivity index (χ2n) is 5.90. The van der Waals surface area contributed by atoms with Gasteiger partial charge in [0.25, 0.3) is 0 Å². The van der Waals surface area contributed by atoms with E-state index in [2.05, 4.69) is 21.1 Å². The summed E-state index contributed by atoms with van der Waals surface area (Å²) in [6, 6.07) is 11.4. The molecule has 2 rings (SSSR count). The van der Waals surface area contributed by atoms with Crippen LogP contribution in [0.4, 0.5) is 8.78 Å². The molecule has 0 fully saturated rings. The van der Waals surface area contributed by atoms with Crippen LogP contribution >= 0.6 is 0 Å². The Bertz CT molecular complexity index is 763. The molecule has 2 aromatic rings. The normalized spacial score (nSPS) is 11.1. The third-order valence-electron chi connectivity index (χ3n) is 3.60. The Morgan fingerprint density at radius 2 is 1.07 bits per heavy atom. The summed E-state index contributed by atoms with van der Waals surface area (Å²) in [5, 5.41) is 7.58. The summed E-state index contributed by atoms with van der Waals surface area (Å²) in [4.78, 5) is 23.3. The zero-order chi connectivity index (χ0) is 20.2. The van der Waals surface area contributed by atoms with Crippen LogP contribution in [-0.2, 0) is 9.59 Å². The third kappa shape index (κ3) is 8.31. The second kappa shape index (κ2) is 11.3. The van der Waals surface area contributed by atoms with Gasteiger partial charge in [0, 0.05) is 12.8 Å². The highest BCUT2D eigenvalue weighted by Gasteiger charge is 2.03. The second-order valence-corrected chi connectivity index (χ2v) is 5.90. The number of carbonyl (C=O) groups excluding carboxylic acids is 2. The topological polar surface area (TPSA) is 82.9 Å². The van der Waals surface area contributed by atoms with Crippen LogP contribution in [0.15, 0.2) is 58.7 Å². The molecule has 28 heavy (non-hydrogen) atoms. The average molecular weight is 386 g/mol. The summed E-state index contributed by atoms with van der Waals surface area (Å²) in [5.74, 6) is -1.22. The lowest BCUT2D eigenvalue weighted by Gasteiger charge is -2.01. The van der Waals surface area contributed by atoms with E-state index in [9.17, 15) is 18.4 Å². The van der Waals surface area contributed by atoms with E-state index < -0.39 is 0 Å². The number of hydrogen-bond acceptors (Lipinski definition) is 4. The van der Waals surface area contributed by atoms with Crippen molar-refractivity contribution in [3.05, 3.63) is 71.3 Å². The molecule has 0 aliphatic heterocycles. The molecule has 0 aliphatic carbocycles. The van der Waals surface area contributed by atoms with Crippen LogP contribution < -0.4 is 10.9 Å². The molecular weight excluding hydrogens is 366 g/mol. The Morgan fingerprint density at radius 1 is 0.714 bits per heavy atom. The standard InChI is InChI=1S/C20H20F2N4O2/c21-17-9-5-15(6-10-17)13-23-25-19(27)3-1-2-4-20(28)26-24-14-16-7-11-18(22)12-8-16/h5-14H,1-4H2,(H,25,27)(H,26,28)/b23-13+,24-14+. The van der Waals surface area contributed by atoms with Gasteiger partial charge in [-0.1, -0.05) is 24.3 Å². The van der Waals surface area contributed by atoms with E-state index in [-0.39, 0.29) is 36.3 Å². The highest BCUT2D eigenvalue weighted by Crippen LogP contribution is 2.02. The number of carbonyl (C=O) groups is 2. The van der Waals surface area contributed by atoms with Gasteiger partial charge in [-0.2, -0.15) is 10.2 Å². The lowest BCUT2D eigenvalue weighted by Crippen LogP contribution is -2.19. The van der Waals surface area contributed by atoms with Gasteiger partial charge in [-0.15, -0.1) is 0 Å². The fraction of sp³-hybridized carbons (Fsp3) is 0.200. The average Bonchev–Trinajstić information content (AvgIpc) is 2.68. The number of nitrogens with one attached hydrogen (secondary N) is 2. The van der Waals surface area contributed by atoms with E-state index in [1.807, 2.05) is 0 Å². The van der Waals surface area contributed by atoms with Crippen molar-refractivity contribution in [1.82, 2.24) is 10.9 Å². The minimum atomic E-state index is -0.341. The van der Waals surface area contributed by atoms with Crippen LogP contribution in [0, 0.1) is 11.6 Å². The smallest absolute Gasteiger partial charge is 0.240 e. The van der Waals surface area contributed by atoms with E-state index in [0.717, 1.165) is 0 Å². The van der Waals surface area contributed by atoms with Crippen LogP contribution in [0.2, 0.25) is 0 Å². The SMILES string of the molecule is O=C(CCCCC(=O)N/N=C/c1ccc(F)cc1)N/N=C/c1ccc(F)cc1. The Morgan fingerprint density at radius 3 is 1.43 bits per heavy atom. The lowest BCUT2D eigenvalue weighted by atomic mass is 10.2. The quantitative estimate of drug-likeness (QED) is 0.394. The Hall–Kier alpha value is -3.42. The maximum absolute atomic E-state index is 12.8. The monoisotopic (exact) mass is 386 g/mol. The molecule has 2 N–H and O–H groups in total. The third-order valence-corrected chi connectivity index (χ3v) is 3.60. The van der Waals surface area contributed by atoms with Crippen molar-refractivity contribution in [2.75, 3.05) is 0 Å². The molecule has 0 radical (unpaired) electrons. The van der Waals surface area contributed by atoms with E-state index in [0.29, 0.717) is 24.0 Å². The van der Waals surface area contributed by atoms with Crippen LogP contribution in [-0.4, -0.2) is 24.2 Å². The van der Waals surface area contributed by atoms with Gasteiger partial charge in [0.05, 0.1) is 12.4 Å². The van der Waals surface area contributed by atoms with Gasteiger partial charge in [0.1, 0.15) is 11.6 Å². The van der Waals surface area contributed by atoms with Crippen LogP contribution in [0.3, 0.4) is 0 Å². The lowest BCUT2D eigenvalue weighted by molar-refractivity contribution is -0.123. The number of amides is 2. The van der Waals surface area contributed by atoms with Gasteiger partial charge in [-0.05, 0) is 48.2 Å². The molecular formula is C20H20F2N4O2. The minimum Gasteiger partial charge on any atom is -0.273 e. The van der Waals surface area contributed by atoms with Crippen molar-refractivity contribution >= 4 is 24.2 Å². The molecule has 0 unspecified atom stereocenters. The molecule has 0 atom stereocenters. The van der Waals surface area contributed by atoms with Crippen LogP contribution in [0.1, 0.15) is 36.8 Å². The minimum absolute atomic E-state index is 0.229. The van der Waals surface area contributed by atoms with Crippen molar-refractivity contribution < 1.29 is 18.4 Å². The molecule has 6 nitrogen and oxygen atoms in total. The number of benzene rings is 2. The van der Waals surface area contributed by atoms with Crippen LogP contribution in [0.5, 0.6) is 0 Å². The highest BCUT2D eigenvalue weighted by atomic mass is 19.1. The Balaban J connectivity index is 1.57.